The van der Waals surface area contributed by atoms with Crippen molar-refractivity contribution in [1.82, 2.24) is 19.4 Å². The second kappa shape index (κ2) is 11.9. The molecule has 1 saturated carbocycles. The van der Waals surface area contributed by atoms with Gasteiger partial charge in [-0.1, -0.05) is 67.4 Å². The third-order valence-corrected chi connectivity index (χ3v) is 7.99. The number of hydrogen-bond donors (Lipinski definition) is 1. The Balaban J connectivity index is 1.56. The molecule has 38 heavy (non-hydrogen) atoms. The lowest BCUT2D eigenvalue weighted by molar-refractivity contribution is -0.140. The number of rotatable bonds is 9. The molecule has 1 amide bonds. The number of nitrogens with one attached hydrogen (secondary N) is 1. The van der Waals surface area contributed by atoms with Crippen LogP contribution in [0.1, 0.15) is 44.9 Å². The SMILES string of the molecule is COC(=O)CCCn1c2ccccc2c2nc(SCC(=O)NC3CCCCC3)n(-c3ccccc3)c(=O)c21. The van der Waals surface area contributed by atoms with Crippen molar-refractivity contribution in [1.29, 1.82) is 0 Å². The van der Waals surface area contributed by atoms with Crippen LogP contribution in [0.2, 0.25) is 0 Å². The van der Waals surface area contributed by atoms with Crippen LogP contribution >= 0.6 is 11.8 Å². The van der Waals surface area contributed by atoms with Gasteiger partial charge < -0.3 is 14.6 Å². The Morgan fingerprint density at radius 1 is 1.05 bits per heavy atom. The molecular formula is C29H32N4O4S. The molecular weight excluding hydrogens is 500 g/mol. The van der Waals surface area contributed by atoms with Crippen molar-refractivity contribution in [2.75, 3.05) is 12.9 Å². The highest BCUT2D eigenvalue weighted by atomic mass is 32.2. The number of methoxy groups -OCH3 is 1. The fourth-order valence-corrected chi connectivity index (χ4v) is 6.03. The van der Waals surface area contributed by atoms with Crippen LogP contribution in [0.5, 0.6) is 0 Å². The number of amides is 1. The lowest BCUT2D eigenvalue weighted by Crippen LogP contribution is -2.37. The average Bonchev–Trinajstić information content (AvgIpc) is 3.26. The molecule has 1 N–H and O–H groups in total. The molecule has 2 aromatic carbocycles. The number of nitrogens with zero attached hydrogens (tertiary/aromatic N) is 3. The van der Waals surface area contributed by atoms with E-state index in [1.807, 2.05) is 59.2 Å². The van der Waals surface area contributed by atoms with Crippen LogP contribution in [0.15, 0.2) is 64.5 Å². The van der Waals surface area contributed by atoms with E-state index in [0.29, 0.717) is 34.8 Å². The van der Waals surface area contributed by atoms with Crippen LogP contribution in [0.3, 0.4) is 0 Å². The average molecular weight is 533 g/mol. The summed E-state index contributed by atoms with van der Waals surface area (Å²) in [6, 6.07) is 17.4. The Morgan fingerprint density at radius 2 is 1.79 bits per heavy atom. The number of fused-ring (bicyclic) bond motifs is 3. The maximum Gasteiger partial charge on any atom is 0.305 e. The van der Waals surface area contributed by atoms with E-state index in [0.717, 1.165) is 36.6 Å². The topological polar surface area (TPSA) is 95.2 Å². The summed E-state index contributed by atoms with van der Waals surface area (Å²) in [4.78, 5) is 43.7. The Morgan fingerprint density at radius 3 is 2.55 bits per heavy atom. The first-order chi connectivity index (χ1) is 18.6. The third-order valence-electron chi connectivity index (χ3n) is 7.06. The molecule has 0 bridgehead atoms. The van der Waals surface area contributed by atoms with Crippen molar-refractivity contribution in [2.24, 2.45) is 0 Å². The second-order valence-electron chi connectivity index (χ2n) is 9.61. The minimum atomic E-state index is -0.282. The van der Waals surface area contributed by atoms with E-state index < -0.39 is 0 Å². The smallest absolute Gasteiger partial charge is 0.305 e. The Kier molecular flexibility index (Phi) is 8.12. The summed E-state index contributed by atoms with van der Waals surface area (Å²) in [5.41, 5.74) is 2.45. The van der Waals surface area contributed by atoms with Gasteiger partial charge in [0.15, 0.2) is 5.16 Å². The molecule has 0 radical (unpaired) electrons. The first-order valence-electron chi connectivity index (χ1n) is 13.1. The number of aryl methyl sites for hydroxylation is 1. The fourth-order valence-electron chi connectivity index (χ4n) is 5.22. The summed E-state index contributed by atoms with van der Waals surface area (Å²) in [5, 5.41) is 4.50. The number of ether oxygens (including phenoxy) is 1. The van der Waals surface area contributed by atoms with Crippen molar-refractivity contribution in [3.05, 3.63) is 65.0 Å². The molecule has 2 heterocycles. The van der Waals surface area contributed by atoms with Gasteiger partial charge in [-0.25, -0.2) is 4.98 Å². The number of carbonyl (C=O) groups is 2. The maximum atomic E-state index is 14.2. The molecule has 1 aliphatic rings. The molecule has 0 atom stereocenters. The number of carbonyl (C=O) groups excluding carboxylic acids is 2. The molecule has 0 saturated heterocycles. The van der Waals surface area contributed by atoms with E-state index in [1.54, 1.807) is 4.57 Å². The molecule has 198 valence electrons. The Hall–Kier alpha value is -3.59. The van der Waals surface area contributed by atoms with Crippen molar-refractivity contribution in [3.8, 4) is 5.69 Å². The van der Waals surface area contributed by atoms with E-state index in [2.05, 4.69) is 5.32 Å². The number of hydrogen-bond acceptors (Lipinski definition) is 6. The number of aromatic nitrogens is 3. The Labute approximate surface area is 225 Å². The van der Waals surface area contributed by atoms with Crippen LogP contribution in [0, 0.1) is 0 Å². The highest BCUT2D eigenvalue weighted by molar-refractivity contribution is 7.99. The highest BCUT2D eigenvalue weighted by Gasteiger charge is 2.22. The zero-order valence-electron chi connectivity index (χ0n) is 21.5. The van der Waals surface area contributed by atoms with Crippen LogP contribution in [-0.2, 0) is 20.9 Å². The Bertz CT molecular complexity index is 1510. The van der Waals surface area contributed by atoms with Gasteiger partial charge in [-0.2, -0.15) is 0 Å². The summed E-state index contributed by atoms with van der Waals surface area (Å²) in [7, 11) is 1.37. The molecule has 0 unspecified atom stereocenters. The van der Waals surface area contributed by atoms with E-state index in [4.69, 9.17) is 9.72 Å². The molecule has 4 aromatic rings. The van der Waals surface area contributed by atoms with Crippen LogP contribution in [0.25, 0.3) is 27.6 Å². The van der Waals surface area contributed by atoms with E-state index in [1.165, 1.54) is 25.3 Å². The van der Waals surface area contributed by atoms with Crippen LogP contribution in [0.4, 0.5) is 0 Å². The van der Waals surface area contributed by atoms with Crippen molar-refractivity contribution < 1.29 is 14.3 Å². The van der Waals surface area contributed by atoms with Gasteiger partial charge in [0.1, 0.15) is 11.0 Å². The lowest BCUT2D eigenvalue weighted by atomic mass is 9.95. The number of para-hydroxylation sites is 2. The molecule has 9 heteroatoms. The predicted molar refractivity (Wildman–Crippen MR) is 150 cm³/mol. The quantitative estimate of drug-likeness (QED) is 0.188. The molecule has 5 rings (SSSR count). The van der Waals surface area contributed by atoms with E-state index in [-0.39, 0.29) is 35.7 Å². The van der Waals surface area contributed by atoms with Crippen LogP contribution < -0.4 is 10.9 Å². The summed E-state index contributed by atoms with van der Waals surface area (Å²) >= 11 is 1.28. The molecule has 8 nitrogen and oxygen atoms in total. The summed E-state index contributed by atoms with van der Waals surface area (Å²) in [5.74, 6) is -0.143. The maximum absolute atomic E-state index is 14.2. The minimum Gasteiger partial charge on any atom is -0.469 e. The van der Waals surface area contributed by atoms with Gasteiger partial charge in [0.2, 0.25) is 5.91 Å². The van der Waals surface area contributed by atoms with Gasteiger partial charge in [0.05, 0.1) is 24.1 Å². The predicted octanol–water partition coefficient (Wildman–Crippen LogP) is 4.83. The monoisotopic (exact) mass is 532 g/mol. The third kappa shape index (κ3) is 5.48. The van der Waals surface area contributed by atoms with E-state index >= 15 is 0 Å². The largest absolute Gasteiger partial charge is 0.469 e. The fraction of sp³-hybridized carbons (Fsp3) is 0.379. The molecule has 0 spiro atoms. The second-order valence-corrected chi connectivity index (χ2v) is 10.5. The lowest BCUT2D eigenvalue weighted by Gasteiger charge is -2.22. The van der Waals surface area contributed by atoms with Gasteiger partial charge in [-0.3, -0.25) is 19.0 Å². The molecule has 1 fully saturated rings. The zero-order chi connectivity index (χ0) is 26.5. The number of thioether (sulfide) groups is 1. The van der Waals surface area contributed by atoms with Gasteiger partial charge >= 0.3 is 5.97 Å². The number of benzene rings is 2. The zero-order valence-corrected chi connectivity index (χ0v) is 22.3. The normalized spacial score (nSPS) is 14.1. The standard InChI is InChI=1S/C29H32N4O4S/c1-37-25(35)17-10-18-32-23-16-9-8-15-22(23)26-27(32)28(36)33(21-13-6-3-7-14-21)29(31-26)38-19-24(34)30-20-11-4-2-5-12-20/h3,6-9,13-16,20H,2,4-5,10-12,17-19H2,1H3,(H,30,34). The summed E-state index contributed by atoms with van der Waals surface area (Å²) in [6.07, 6.45) is 6.35. The molecule has 2 aromatic heterocycles. The first-order valence-corrected chi connectivity index (χ1v) is 14.1. The van der Waals surface area contributed by atoms with E-state index in [9.17, 15) is 14.4 Å². The number of esters is 1. The van der Waals surface area contributed by atoms with Gasteiger partial charge in [-0.05, 0) is 37.5 Å². The van der Waals surface area contributed by atoms with Crippen molar-refractivity contribution in [3.63, 3.8) is 0 Å². The van der Waals surface area contributed by atoms with Crippen molar-refractivity contribution in [2.45, 2.75) is 62.7 Å². The van der Waals surface area contributed by atoms with Gasteiger partial charge in [0, 0.05) is 24.4 Å². The first kappa shape index (κ1) is 26.0. The highest BCUT2D eigenvalue weighted by Crippen LogP contribution is 2.29. The molecule has 0 aliphatic heterocycles. The minimum absolute atomic E-state index is 0.0407. The van der Waals surface area contributed by atoms with Crippen molar-refractivity contribution >= 4 is 45.6 Å². The van der Waals surface area contributed by atoms with Gasteiger partial charge in [0.25, 0.3) is 5.56 Å². The van der Waals surface area contributed by atoms with Gasteiger partial charge in [-0.15, -0.1) is 0 Å². The summed E-state index contributed by atoms with van der Waals surface area (Å²) < 4.78 is 8.34. The molecule has 1 aliphatic carbocycles. The van der Waals surface area contributed by atoms with Crippen LogP contribution in [-0.4, -0.2) is 44.9 Å². The summed E-state index contributed by atoms with van der Waals surface area (Å²) in [6.45, 7) is 0.473.